The molecule has 1 aromatic rings. The highest BCUT2D eigenvalue weighted by Crippen LogP contribution is 2.32. The lowest BCUT2D eigenvalue weighted by molar-refractivity contribution is 0.201. The molecule has 1 aliphatic heterocycles. The summed E-state index contributed by atoms with van der Waals surface area (Å²) in [4.78, 5) is 3.98. The van der Waals surface area contributed by atoms with E-state index in [-0.39, 0.29) is 5.75 Å². The molecule has 1 unspecified atom stereocenters. The maximum atomic E-state index is 11.0. The number of rotatable bonds is 6. The van der Waals surface area contributed by atoms with E-state index >= 15 is 0 Å². The standard InChI is InChI=1S/C13H22N2O2S2/c1-11-12-4-9-18-13(12)3-7-15(11)8-5-14-6-10-19(2,16)17/h4,9,11,14H,3,5-8,10H2,1-2H3. The molecule has 0 bridgehead atoms. The Labute approximate surface area is 119 Å². The number of thiophene rings is 1. The Morgan fingerprint density at radius 3 is 3.00 bits per heavy atom. The molecule has 6 heteroatoms. The Morgan fingerprint density at radius 1 is 1.47 bits per heavy atom. The van der Waals surface area contributed by atoms with E-state index in [0.29, 0.717) is 12.6 Å². The zero-order valence-electron chi connectivity index (χ0n) is 11.6. The molecule has 0 aliphatic carbocycles. The molecule has 2 rings (SSSR count). The van der Waals surface area contributed by atoms with Crippen LogP contribution in [0.15, 0.2) is 11.4 Å². The summed E-state index contributed by atoms with van der Waals surface area (Å²) in [7, 11) is -2.85. The van der Waals surface area contributed by atoms with Crippen molar-refractivity contribution >= 4 is 21.2 Å². The Bertz CT molecular complexity index is 510. The summed E-state index contributed by atoms with van der Waals surface area (Å²) in [5.74, 6) is 0.219. The van der Waals surface area contributed by atoms with E-state index in [0.717, 1.165) is 26.1 Å². The third-order valence-electron chi connectivity index (χ3n) is 3.63. The highest BCUT2D eigenvalue weighted by molar-refractivity contribution is 7.90. The van der Waals surface area contributed by atoms with Gasteiger partial charge in [0.15, 0.2) is 0 Å². The minimum absolute atomic E-state index is 0.219. The van der Waals surface area contributed by atoms with E-state index in [2.05, 4.69) is 28.6 Å². The fourth-order valence-electron chi connectivity index (χ4n) is 2.47. The Kier molecular flexibility index (Phi) is 5.00. The molecule has 0 saturated carbocycles. The van der Waals surface area contributed by atoms with E-state index in [4.69, 9.17) is 0 Å². The van der Waals surface area contributed by atoms with Crippen LogP contribution in [0.5, 0.6) is 0 Å². The predicted molar refractivity (Wildman–Crippen MR) is 80.6 cm³/mol. The van der Waals surface area contributed by atoms with E-state index < -0.39 is 9.84 Å². The van der Waals surface area contributed by atoms with Crippen LogP contribution in [-0.2, 0) is 16.3 Å². The second kappa shape index (κ2) is 6.35. The van der Waals surface area contributed by atoms with Crippen LogP contribution in [0.2, 0.25) is 0 Å². The lowest BCUT2D eigenvalue weighted by Crippen LogP contribution is -2.38. The second-order valence-electron chi connectivity index (χ2n) is 5.14. The zero-order chi connectivity index (χ0) is 13.9. The fourth-order valence-corrected chi connectivity index (χ4v) is 3.95. The van der Waals surface area contributed by atoms with Gasteiger partial charge in [0.25, 0.3) is 0 Å². The molecule has 108 valence electrons. The van der Waals surface area contributed by atoms with Gasteiger partial charge < -0.3 is 5.32 Å². The van der Waals surface area contributed by atoms with Crippen molar-refractivity contribution in [2.45, 2.75) is 19.4 Å². The topological polar surface area (TPSA) is 49.4 Å². The molecule has 1 aromatic heterocycles. The molecule has 0 saturated heterocycles. The Balaban J connectivity index is 1.73. The lowest BCUT2D eigenvalue weighted by Gasteiger charge is -2.33. The number of nitrogens with one attached hydrogen (secondary N) is 1. The van der Waals surface area contributed by atoms with Gasteiger partial charge in [0, 0.05) is 43.4 Å². The summed E-state index contributed by atoms with van der Waals surface area (Å²) in [5.41, 5.74) is 1.47. The summed E-state index contributed by atoms with van der Waals surface area (Å²) in [6, 6.07) is 2.71. The van der Waals surface area contributed by atoms with Crippen LogP contribution in [-0.4, -0.2) is 51.5 Å². The smallest absolute Gasteiger partial charge is 0.148 e. The van der Waals surface area contributed by atoms with Crippen molar-refractivity contribution in [2.24, 2.45) is 0 Å². The second-order valence-corrected chi connectivity index (χ2v) is 8.40. The number of sulfone groups is 1. The first-order chi connectivity index (χ1) is 8.97. The molecule has 0 spiro atoms. The van der Waals surface area contributed by atoms with E-state index in [1.807, 2.05) is 11.3 Å². The SMILES string of the molecule is CC1c2ccsc2CCN1CCNCCS(C)(=O)=O. The average molecular weight is 302 g/mol. The van der Waals surface area contributed by atoms with Crippen molar-refractivity contribution in [3.05, 3.63) is 21.9 Å². The molecule has 1 aliphatic rings. The molecule has 2 heterocycles. The monoisotopic (exact) mass is 302 g/mol. The summed E-state index contributed by atoms with van der Waals surface area (Å²) < 4.78 is 22.0. The minimum atomic E-state index is -2.85. The quantitative estimate of drug-likeness (QED) is 0.805. The van der Waals surface area contributed by atoms with Gasteiger partial charge in [-0.2, -0.15) is 0 Å². The van der Waals surface area contributed by atoms with Gasteiger partial charge in [-0.15, -0.1) is 11.3 Å². The summed E-state index contributed by atoms with van der Waals surface area (Å²) in [5, 5.41) is 5.38. The first-order valence-corrected chi connectivity index (χ1v) is 9.60. The first-order valence-electron chi connectivity index (χ1n) is 6.66. The van der Waals surface area contributed by atoms with Gasteiger partial charge in [0.1, 0.15) is 9.84 Å². The van der Waals surface area contributed by atoms with Crippen molar-refractivity contribution in [1.82, 2.24) is 10.2 Å². The van der Waals surface area contributed by atoms with Crippen molar-refractivity contribution < 1.29 is 8.42 Å². The molecule has 1 N–H and O–H groups in total. The lowest BCUT2D eigenvalue weighted by atomic mass is 10.0. The third kappa shape index (κ3) is 4.27. The van der Waals surface area contributed by atoms with Gasteiger partial charge in [0.05, 0.1) is 5.75 Å². The summed E-state index contributed by atoms with van der Waals surface area (Å²) >= 11 is 1.86. The van der Waals surface area contributed by atoms with Gasteiger partial charge in [-0.25, -0.2) is 8.42 Å². The molecule has 19 heavy (non-hydrogen) atoms. The van der Waals surface area contributed by atoms with Crippen LogP contribution in [0.1, 0.15) is 23.4 Å². The zero-order valence-corrected chi connectivity index (χ0v) is 13.2. The van der Waals surface area contributed by atoms with Gasteiger partial charge in [-0.3, -0.25) is 4.90 Å². The molecule has 0 amide bonds. The van der Waals surface area contributed by atoms with E-state index in [9.17, 15) is 8.42 Å². The highest BCUT2D eigenvalue weighted by Gasteiger charge is 2.23. The fraction of sp³-hybridized carbons (Fsp3) is 0.692. The Morgan fingerprint density at radius 2 is 2.26 bits per heavy atom. The van der Waals surface area contributed by atoms with Crippen molar-refractivity contribution in [1.29, 1.82) is 0 Å². The molecular weight excluding hydrogens is 280 g/mol. The third-order valence-corrected chi connectivity index (χ3v) is 5.57. The molecule has 1 atom stereocenters. The van der Waals surface area contributed by atoms with Crippen LogP contribution in [0.25, 0.3) is 0 Å². The largest absolute Gasteiger partial charge is 0.314 e. The average Bonchev–Trinajstić information content (AvgIpc) is 2.79. The molecule has 0 aromatic carbocycles. The molecular formula is C13H22N2O2S2. The first kappa shape index (κ1) is 15.0. The Hall–Kier alpha value is -0.430. The van der Waals surface area contributed by atoms with Crippen molar-refractivity contribution in [2.75, 3.05) is 38.2 Å². The van der Waals surface area contributed by atoms with Crippen LogP contribution in [0.3, 0.4) is 0 Å². The number of hydrogen-bond donors (Lipinski definition) is 1. The van der Waals surface area contributed by atoms with Gasteiger partial charge in [-0.1, -0.05) is 0 Å². The number of hydrogen-bond acceptors (Lipinski definition) is 5. The normalized spacial score (nSPS) is 20.4. The minimum Gasteiger partial charge on any atom is -0.314 e. The molecule has 4 nitrogen and oxygen atoms in total. The molecule has 0 fully saturated rings. The van der Waals surface area contributed by atoms with Crippen LogP contribution < -0.4 is 5.32 Å². The number of nitrogens with zero attached hydrogens (tertiary/aromatic N) is 1. The maximum Gasteiger partial charge on any atom is 0.148 e. The van der Waals surface area contributed by atoms with Gasteiger partial charge >= 0.3 is 0 Å². The van der Waals surface area contributed by atoms with Crippen LogP contribution in [0.4, 0.5) is 0 Å². The summed E-state index contributed by atoms with van der Waals surface area (Å²) in [6.45, 7) is 5.72. The van der Waals surface area contributed by atoms with E-state index in [1.54, 1.807) is 0 Å². The van der Waals surface area contributed by atoms with Gasteiger partial charge in [0.2, 0.25) is 0 Å². The van der Waals surface area contributed by atoms with E-state index in [1.165, 1.54) is 16.7 Å². The van der Waals surface area contributed by atoms with Crippen molar-refractivity contribution in [3.63, 3.8) is 0 Å². The maximum absolute atomic E-state index is 11.0. The summed E-state index contributed by atoms with van der Waals surface area (Å²) in [6.07, 6.45) is 2.42. The van der Waals surface area contributed by atoms with Crippen LogP contribution in [0, 0.1) is 0 Å². The van der Waals surface area contributed by atoms with Crippen LogP contribution >= 0.6 is 11.3 Å². The highest BCUT2D eigenvalue weighted by atomic mass is 32.2. The van der Waals surface area contributed by atoms with Crippen molar-refractivity contribution in [3.8, 4) is 0 Å². The predicted octanol–water partition coefficient (Wildman–Crippen LogP) is 1.30. The van der Waals surface area contributed by atoms with Gasteiger partial charge in [-0.05, 0) is 30.4 Å². The molecule has 0 radical (unpaired) electrons. The number of fused-ring (bicyclic) bond motifs is 1.